The summed E-state index contributed by atoms with van der Waals surface area (Å²) in [6.07, 6.45) is 45.1. The molecule has 0 atom stereocenters. The van der Waals surface area contributed by atoms with Crippen molar-refractivity contribution in [3.63, 3.8) is 0 Å². The van der Waals surface area contributed by atoms with Gasteiger partial charge < -0.3 is 4.74 Å². The van der Waals surface area contributed by atoms with E-state index >= 15 is 0 Å². The Hall–Kier alpha value is -0.790. The first-order valence-corrected chi connectivity index (χ1v) is 17.7. The van der Waals surface area contributed by atoms with Crippen molar-refractivity contribution in [3.8, 4) is 0 Å². The molecule has 0 heterocycles. The van der Waals surface area contributed by atoms with E-state index in [1.807, 2.05) is 6.08 Å². The summed E-state index contributed by atoms with van der Waals surface area (Å²) >= 11 is 0. The number of unbranched alkanes of at least 4 members (excludes halogenated alkanes) is 28. The summed E-state index contributed by atoms with van der Waals surface area (Å²) in [5, 5.41) is 0. The van der Waals surface area contributed by atoms with Gasteiger partial charge in [0, 0.05) is 6.42 Å². The monoisotopic (exact) mass is 535 g/mol. The molecule has 0 saturated carbocycles. The predicted molar refractivity (Wildman–Crippen MR) is 170 cm³/mol. The Labute approximate surface area is 240 Å². The Bertz CT molecular complexity index is 470. The third-order valence-corrected chi connectivity index (χ3v) is 8.00. The van der Waals surface area contributed by atoms with E-state index in [1.54, 1.807) is 6.26 Å². The highest BCUT2D eigenvalue weighted by atomic mass is 16.5. The van der Waals surface area contributed by atoms with Crippen molar-refractivity contribution >= 4 is 5.97 Å². The predicted octanol–water partition coefficient (Wildman–Crippen LogP) is 13.2. The van der Waals surface area contributed by atoms with Gasteiger partial charge in [0.2, 0.25) is 0 Å². The van der Waals surface area contributed by atoms with E-state index in [0.29, 0.717) is 6.42 Å². The van der Waals surface area contributed by atoms with Gasteiger partial charge in [0.05, 0.1) is 6.26 Å². The van der Waals surface area contributed by atoms with E-state index in [9.17, 15) is 4.79 Å². The first-order valence-electron chi connectivity index (χ1n) is 17.7. The zero-order chi connectivity index (χ0) is 27.6. The summed E-state index contributed by atoms with van der Waals surface area (Å²) in [4.78, 5) is 11.8. The van der Waals surface area contributed by atoms with Crippen LogP contribution in [0.25, 0.3) is 0 Å². The van der Waals surface area contributed by atoms with Crippen LogP contribution in [-0.4, -0.2) is 5.97 Å². The molecule has 0 radical (unpaired) electrons. The van der Waals surface area contributed by atoms with Crippen molar-refractivity contribution in [2.24, 2.45) is 0 Å². The van der Waals surface area contributed by atoms with Gasteiger partial charge in [-0.1, -0.05) is 187 Å². The molecule has 0 amide bonds. The molecule has 0 unspecified atom stereocenters. The Morgan fingerprint density at radius 2 is 0.711 bits per heavy atom. The van der Waals surface area contributed by atoms with Gasteiger partial charge in [-0.3, -0.25) is 4.79 Å². The standard InChI is InChI=1S/C36H70O2/c1-3-5-7-9-11-13-14-15-16-17-18-19-20-21-22-23-24-25-27-29-31-33-35-38-36(37)34-32-30-28-26-12-10-8-6-4-2/h33,35H,3-32,34H2,1-2H3. The van der Waals surface area contributed by atoms with Crippen LogP contribution in [0.15, 0.2) is 12.3 Å². The van der Waals surface area contributed by atoms with Crippen molar-refractivity contribution in [1.29, 1.82) is 0 Å². The quantitative estimate of drug-likeness (QED) is 0.0487. The number of hydrogen-bond acceptors (Lipinski definition) is 2. The molecular formula is C36H70O2. The fraction of sp³-hybridized carbons (Fsp3) is 0.917. The second-order valence-corrected chi connectivity index (χ2v) is 11.9. The number of ether oxygens (including phenoxy) is 1. The highest BCUT2D eigenvalue weighted by Crippen LogP contribution is 2.15. The zero-order valence-electron chi connectivity index (χ0n) is 26.4. The van der Waals surface area contributed by atoms with Crippen molar-refractivity contribution in [2.45, 2.75) is 213 Å². The first-order chi connectivity index (χ1) is 18.8. The Morgan fingerprint density at radius 1 is 0.421 bits per heavy atom. The third kappa shape index (κ3) is 33.2. The van der Waals surface area contributed by atoms with E-state index in [4.69, 9.17) is 4.74 Å². The molecule has 0 aromatic heterocycles. The number of rotatable bonds is 32. The van der Waals surface area contributed by atoms with Crippen molar-refractivity contribution in [1.82, 2.24) is 0 Å². The van der Waals surface area contributed by atoms with Crippen molar-refractivity contribution in [2.75, 3.05) is 0 Å². The normalized spacial score (nSPS) is 11.5. The minimum absolute atomic E-state index is 0.0623. The summed E-state index contributed by atoms with van der Waals surface area (Å²) in [5.74, 6) is -0.0623. The molecule has 2 heteroatoms. The largest absolute Gasteiger partial charge is 0.435 e. The maximum absolute atomic E-state index is 11.8. The number of carbonyl (C=O) groups is 1. The Kier molecular flexibility index (Phi) is 33.5. The van der Waals surface area contributed by atoms with Crippen LogP contribution in [0.1, 0.15) is 213 Å². The average molecular weight is 535 g/mol. The summed E-state index contributed by atoms with van der Waals surface area (Å²) in [6.45, 7) is 4.56. The molecule has 2 nitrogen and oxygen atoms in total. The minimum atomic E-state index is -0.0623. The maximum atomic E-state index is 11.8. The second-order valence-electron chi connectivity index (χ2n) is 11.9. The van der Waals surface area contributed by atoms with Crippen molar-refractivity contribution in [3.05, 3.63) is 12.3 Å². The van der Waals surface area contributed by atoms with Gasteiger partial charge in [-0.25, -0.2) is 0 Å². The maximum Gasteiger partial charge on any atom is 0.310 e. The van der Waals surface area contributed by atoms with Crippen LogP contribution in [0.5, 0.6) is 0 Å². The SMILES string of the molecule is CCCCCCCCCCCCCCCCCCCCCCC=COC(=O)CCCCCCCCCCC. The third-order valence-electron chi connectivity index (χ3n) is 8.00. The van der Waals surface area contributed by atoms with Crippen LogP contribution in [0.3, 0.4) is 0 Å². The average Bonchev–Trinajstić information content (AvgIpc) is 2.92. The van der Waals surface area contributed by atoms with Crippen LogP contribution in [0.2, 0.25) is 0 Å². The molecule has 0 aromatic carbocycles. The highest BCUT2D eigenvalue weighted by molar-refractivity contribution is 5.69. The number of allylic oxidation sites excluding steroid dienone is 1. The fourth-order valence-corrected chi connectivity index (χ4v) is 5.35. The molecule has 0 aliphatic heterocycles. The smallest absolute Gasteiger partial charge is 0.310 e. The van der Waals surface area contributed by atoms with Gasteiger partial charge in [-0.05, 0) is 25.3 Å². The molecule has 0 N–H and O–H groups in total. The first kappa shape index (κ1) is 37.2. The molecule has 0 fully saturated rings. The van der Waals surface area contributed by atoms with E-state index in [0.717, 1.165) is 19.3 Å². The van der Waals surface area contributed by atoms with Gasteiger partial charge >= 0.3 is 5.97 Å². The Balaban J connectivity index is 3.18. The molecule has 38 heavy (non-hydrogen) atoms. The van der Waals surface area contributed by atoms with Crippen LogP contribution < -0.4 is 0 Å². The molecule has 0 saturated heterocycles. The van der Waals surface area contributed by atoms with Gasteiger partial charge in [0.1, 0.15) is 0 Å². The van der Waals surface area contributed by atoms with E-state index in [-0.39, 0.29) is 5.97 Å². The fourth-order valence-electron chi connectivity index (χ4n) is 5.35. The van der Waals surface area contributed by atoms with Gasteiger partial charge in [-0.15, -0.1) is 0 Å². The van der Waals surface area contributed by atoms with Crippen molar-refractivity contribution < 1.29 is 9.53 Å². The van der Waals surface area contributed by atoms with Gasteiger partial charge in [0.25, 0.3) is 0 Å². The number of esters is 1. The summed E-state index contributed by atoms with van der Waals surface area (Å²) in [5.41, 5.74) is 0. The van der Waals surface area contributed by atoms with E-state index in [1.165, 1.54) is 173 Å². The molecule has 0 aromatic rings. The lowest BCUT2D eigenvalue weighted by atomic mass is 10.0. The van der Waals surface area contributed by atoms with Crippen LogP contribution in [-0.2, 0) is 9.53 Å². The number of hydrogen-bond donors (Lipinski definition) is 0. The topological polar surface area (TPSA) is 26.3 Å². The molecule has 0 aliphatic carbocycles. The summed E-state index contributed by atoms with van der Waals surface area (Å²) in [7, 11) is 0. The highest BCUT2D eigenvalue weighted by Gasteiger charge is 2.01. The number of carbonyl (C=O) groups excluding carboxylic acids is 1. The molecule has 0 aliphatic rings. The zero-order valence-corrected chi connectivity index (χ0v) is 26.4. The van der Waals surface area contributed by atoms with Crippen LogP contribution in [0.4, 0.5) is 0 Å². The molecule has 0 rings (SSSR count). The van der Waals surface area contributed by atoms with Crippen LogP contribution in [0, 0.1) is 0 Å². The molecule has 0 bridgehead atoms. The second kappa shape index (κ2) is 34.2. The lowest BCUT2D eigenvalue weighted by Gasteiger charge is -2.04. The summed E-state index contributed by atoms with van der Waals surface area (Å²) in [6, 6.07) is 0. The minimum Gasteiger partial charge on any atom is -0.435 e. The van der Waals surface area contributed by atoms with E-state index in [2.05, 4.69) is 13.8 Å². The Morgan fingerprint density at radius 3 is 1.05 bits per heavy atom. The molecular weight excluding hydrogens is 464 g/mol. The van der Waals surface area contributed by atoms with E-state index < -0.39 is 0 Å². The van der Waals surface area contributed by atoms with Gasteiger partial charge in [0.15, 0.2) is 0 Å². The molecule has 0 spiro atoms. The lowest BCUT2D eigenvalue weighted by Crippen LogP contribution is -1.98. The summed E-state index contributed by atoms with van der Waals surface area (Å²) < 4.78 is 5.24. The molecule has 226 valence electrons. The van der Waals surface area contributed by atoms with Gasteiger partial charge in [-0.2, -0.15) is 0 Å². The lowest BCUT2D eigenvalue weighted by molar-refractivity contribution is -0.138. The van der Waals surface area contributed by atoms with Crippen LogP contribution >= 0.6 is 0 Å².